The Hall–Kier alpha value is -4.27. The standard InChI is InChI=1S/C36H37NO6S/c1-40-34-23-29(24-35(41-2)36(34)42-3)44(38,39)43-28-15-17-33-31(22-28)30-21-27(20-26-12-8-5-9-13-26)14-16-32(30)37(33)19-18-25-10-6-4-7-11-25/h4-14,16,21,23-24,28H,15,17-20,22H2,1-3H3. The van der Waals surface area contributed by atoms with Crippen LogP contribution in [0.1, 0.15) is 34.4 Å². The average molecular weight is 612 g/mol. The van der Waals surface area contributed by atoms with Crippen LogP contribution >= 0.6 is 0 Å². The maximum absolute atomic E-state index is 13.6. The fourth-order valence-corrected chi connectivity index (χ4v) is 7.40. The molecule has 0 saturated carbocycles. The Morgan fingerprint density at radius 1 is 0.773 bits per heavy atom. The molecule has 44 heavy (non-hydrogen) atoms. The van der Waals surface area contributed by atoms with Crippen molar-refractivity contribution in [2.75, 3.05) is 21.3 Å². The monoisotopic (exact) mass is 611 g/mol. The molecule has 0 spiro atoms. The lowest BCUT2D eigenvalue weighted by molar-refractivity contribution is 0.191. The lowest BCUT2D eigenvalue weighted by Gasteiger charge is -2.24. The number of rotatable bonds is 11. The molecule has 6 rings (SSSR count). The molecule has 8 heteroatoms. The van der Waals surface area contributed by atoms with E-state index in [-0.39, 0.29) is 16.4 Å². The van der Waals surface area contributed by atoms with Crippen LogP contribution < -0.4 is 14.2 Å². The van der Waals surface area contributed by atoms with Crippen molar-refractivity contribution < 1.29 is 26.8 Å². The van der Waals surface area contributed by atoms with E-state index in [4.69, 9.17) is 18.4 Å². The fraction of sp³-hybridized carbons (Fsp3) is 0.278. The summed E-state index contributed by atoms with van der Waals surface area (Å²) in [7, 11) is 0.272. The third-order valence-corrected chi connectivity index (χ3v) is 9.73. The van der Waals surface area contributed by atoms with Crippen LogP contribution in [0.25, 0.3) is 10.9 Å². The summed E-state index contributed by atoms with van der Waals surface area (Å²) in [6, 6.07) is 30.5. The highest BCUT2D eigenvalue weighted by molar-refractivity contribution is 7.86. The van der Waals surface area contributed by atoms with Gasteiger partial charge in [0.2, 0.25) is 5.75 Å². The van der Waals surface area contributed by atoms with Gasteiger partial charge in [-0.25, -0.2) is 0 Å². The smallest absolute Gasteiger partial charge is 0.297 e. The van der Waals surface area contributed by atoms with E-state index in [1.54, 1.807) is 0 Å². The Kier molecular flexibility index (Phi) is 8.64. The van der Waals surface area contributed by atoms with Gasteiger partial charge >= 0.3 is 0 Å². The van der Waals surface area contributed by atoms with Crippen molar-refractivity contribution in [2.45, 2.75) is 49.6 Å². The number of methoxy groups -OCH3 is 3. The zero-order valence-corrected chi connectivity index (χ0v) is 26.1. The van der Waals surface area contributed by atoms with Gasteiger partial charge in [0, 0.05) is 41.7 Å². The van der Waals surface area contributed by atoms with Crippen molar-refractivity contribution in [3.05, 3.63) is 119 Å². The molecule has 5 aromatic rings. The van der Waals surface area contributed by atoms with Crippen LogP contribution in [0.3, 0.4) is 0 Å². The summed E-state index contributed by atoms with van der Waals surface area (Å²) in [5, 5.41) is 1.17. The zero-order valence-electron chi connectivity index (χ0n) is 25.3. The third-order valence-electron chi connectivity index (χ3n) is 8.39. The van der Waals surface area contributed by atoms with Crippen molar-refractivity contribution in [3.8, 4) is 17.2 Å². The van der Waals surface area contributed by atoms with Crippen LogP contribution in [0.2, 0.25) is 0 Å². The van der Waals surface area contributed by atoms with Gasteiger partial charge in [0.05, 0.1) is 27.4 Å². The molecule has 1 aromatic heterocycles. The van der Waals surface area contributed by atoms with E-state index in [1.165, 1.54) is 72.3 Å². The highest BCUT2D eigenvalue weighted by Crippen LogP contribution is 2.41. The summed E-state index contributed by atoms with van der Waals surface area (Å²) in [5.41, 5.74) is 7.37. The number of ether oxygens (including phenoxy) is 3. The molecule has 7 nitrogen and oxygen atoms in total. The van der Waals surface area contributed by atoms with E-state index in [0.29, 0.717) is 18.6 Å². The summed E-state index contributed by atoms with van der Waals surface area (Å²) in [6.07, 6.45) is 3.06. The van der Waals surface area contributed by atoms with Crippen LogP contribution in [0, 0.1) is 0 Å². The van der Waals surface area contributed by atoms with Gasteiger partial charge in [-0.2, -0.15) is 8.42 Å². The quantitative estimate of drug-likeness (QED) is 0.154. The van der Waals surface area contributed by atoms with Crippen molar-refractivity contribution in [1.82, 2.24) is 4.57 Å². The Bertz CT molecular complexity index is 1840. The highest BCUT2D eigenvalue weighted by atomic mass is 32.2. The van der Waals surface area contributed by atoms with Crippen molar-refractivity contribution in [3.63, 3.8) is 0 Å². The maximum atomic E-state index is 13.6. The Morgan fingerprint density at radius 2 is 1.43 bits per heavy atom. The number of fused-ring (bicyclic) bond motifs is 3. The first-order valence-corrected chi connectivity index (χ1v) is 16.2. The van der Waals surface area contributed by atoms with Crippen LogP contribution in [0.15, 0.2) is 95.9 Å². The summed E-state index contributed by atoms with van der Waals surface area (Å²) in [5.74, 6) is 0.839. The minimum atomic E-state index is -4.12. The Labute approximate surface area is 259 Å². The normalized spacial score (nSPS) is 14.8. The van der Waals surface area contributed by atoms with E-state index in [0.717, 1.165) is 25.8 Å². The molecule has 0 N–H and O–H groups in total. The number of aromatic nitrogens is 1. The summed E-state index contributed by atoms with van der Waals surface area (Å²) in [4.78, 5) is -0.0340. The van der Waals surface area contributed by atoms with Crippen LogP contribution in [-0.4, -0.2) is 40.4 Å². The van der Waals surface area contributed by atoms with Crippen LogP contribution in [0.4, 0.5) is 0 Å². The predicted molar refractivity (Wildman–Crippen MR) is 172 cm³/mol. The molecule has 4 aromatic carbocycles. The van der Waals surface area contributed by atoms with Gasteiger partial charge in [-0.15, -0.1) is 0 Å². The van der Waals surface area contributed by atoms with Gasteiger partial charge in [0.15, 0.2) is 11.5 Å². The summed E-state index contributed by atoms with van der Waals surface area (Å²) in [6.45, 7) is 0.850. The van der Waals surface area contributed by atoms with Crippen LogP contribution in [-0.2, 0) is 46.5 Å². The van der Waals surface area contributed by atoms with Crippen LogP contribution in [0.5, 0.6) is 17.2 Å². The minimum absolute atomic E-state index is 0.0340. The van der Waals surface area contributed by atoms with E-state index >= 15 is 0 Å². The van der Waals surface area contributed by atoms with Gasteiger partial charge < -0.3 is 18.8 Å². The highest BCUT2D eigenvalue weighted by Gasteiger charge is 2.31. The molecule has 0 fully saturated rings. The molecule has 0 aliphatic heterocycles. The number of aryl methyl sites for hydroxylation is 2. The molecule has 1 aliphatic rings. The first-order valence-electron chi connectivity index (χ1n) is 14.8. The molecule has 0 radical (unpaired) electrons. The number of hydrogen-bond donors (Lipinski definition) is 0. The van der Waals surface area contributed by atoms with E-state index in [1.807, 2.05) is 12.1 Å². The topological polar surface area (TPSA) is 76.0 Å². The van der Waals surface area contributed by atoms with Crippen molar-refractivity contribution >= 4 is 21.0 Å². The van der Waals surface area contributed by atoms with E-state index in [2.05, 4.69) is 71.3 Å². The molecule has 0 bridgehead atoms. The molecular weight excluding hydrogens is 574 g/mol. The van der Waals surface area contributed by atoms with Gasteiger partial charge in [-0.1, -0.05) is 66.7 Å². The van der Waals surface area contributed by atoms with Crippen molar-refractivity contribution in [2.24, 2.45) is 0 Å². The molecule has 0 amide bonds. The molecule has 0 saturated heterocycles. The second-order valence-electron chi connectivity index (χ2n) is 11.1. The number of hydrogen-bond acceptors (Lipinski definition) is 6. The van der Waals surface area contributed by atoms with E-state index < -0.39 is 16.2 Å². The largest absolute Gasteiger partial charge is 0.493 e. The Balaban J connectivity index is 1.33. The molecule has 228 valence electrons. The zero-order chi connectivity index (χ0) is 30.7. The molecule has 1 unspecified atom stereocenters. The SMILES string of the molecule is COc1cc(S(=O)(=O)OC2CCc3c(c4cc(Cc5ccccc5)ccc4n3CCc3ccccc3)C2)cc(OC)c1OC. The second kappa shape index (κ2) is 12.8. The number of nitrogens with zero attached hydrogens (tertiary/aromatic N) is 1. The Morgan fingerprint density at radius 3 is 2.07 bits per heavy atom. The predicted octanol–water partition coefficient (Wildman–Crippen LogP) is 6.76. The minimum Gasteiger partial charge on any atom is -0.493 e. The second-order valence-corrected chi connectivity index (χ2v) is 12.7. The molecular formula is C36H37NO6S. The lowest BCUT2D eigenvalue weighted by Crippen LogP contribution is -2.26. The fourth-order valence-electron chi connectivity index (χ4n) is 6.27. The van der Waals surface area contributed by atoms with E-state index in [9.17, 15) is 8.42 Å². The van der Waals surface area contributed by atoms with Crippen molar-refractivity contribution in [1.29, 1.82) is 0 Å². The average Bonchev–Trinajstić information content (AvgIpc) is 3.35. The first-order chi connectivity index (χ1) is 21.4. The molecule has 1 aliphatic carbocycles. The lowest BCUT2D eigenvalue weighted by atomic mass is 9.92. The summed E-state index contributed by atoms with van der Waals surface area (Å²) < 4.78 is 51.6. The molecule has 1 heterocycles. The third kappa shape index (κ3) is 6.05. The number of benzene rings is 4. The van der Waals surface area contributed by atoms with Gasteiger partial charge in [-0.05, 0) is 60.1 Å². The van der Waals surface area contributed by atoms with Gasteiger partial charge in [0.1, 0.15) is 4.90 Å². The molecule has 1 atom stereocenters. The van der Waals surface area contributed by atoms with Gasteiger partial charge in [-0.3, -0.25) is 4.18 Å². The maximum Gasteiger partial charge on any atom is 0.297 e. The first kappa shape index (κ1) is 29.8. The van der Waals surface area contributed by atoms with Gasteiger partial charge in [0.25, 0.3) is 10.1 Å². The summed E-state index contributed by atoms with van der Waals surface area (Å²) >= 11 is 0.